The third kappa shape index (κ3) is 10.4. The zero-order chi connectivity index (χ0) is 38.1. The van der Waals surface area contributed by atoms with Crippen LogP contribution in [-0.4, -0.2) is 99.5 Å². The van der Waals surface area contributed by atoms with E-state index in [1.165, 1.54) is 7.05 Å². The highest BCUT2D eigenvalue weighted by atomic mass is 16.5. The van der Waals surface area contributed by atoms with Crippen molar-refractivity contribution in [2.75, 3.05) is 20.1 Å². The number of rotatable bonds is 14. The monoisotopic (exact) mass is 722 g/mol. The molecule has 3 aromatic carbocycles. The van der Waals surface area contributed by atoms with Gasteiger partial charge in [-0.1, -0.05) is 72.8 Å². The smallest absolute Gasteiger partial charge is 0.272 e. The highest BCUT2D eigenvalue weighted by molar-refractivity contribution is 5.99. The number of aromatic nitrogens is 1. The van der Waals surface area contributed by atoms with E-state index < -0.39 is 53.9 Å². The second-order valence-electron chi connectivity index (χ2n) is 14.6. The Hall–Kier alpha value is -5.33. The van der Waals surface area contributed by atoms with E-state index in [2.05, 4.69) is 15.6 Å². The van der Waals surface area contributed by atoms with E-state index in [1.807, 2.05) is 99.6 Å². The van der Waals surface area contributed by atoms with Gasteiger partial charge in [-0.15, -0.1) is 0 Å². The largest absolute Gasteiger partial charge is 0.490 e. The molecule has 4 amide bonds. The maximum atomic E-state index is 14.2. The second kappa shape index (κ2) is 17.5. The minimum absolute atomic E-state index is 0.0984. The lowest BCUT2D eigenvalue weighted by molar-refractivity contribution is -0.142. The fourth-order valence-electron chi connectivity index (χ4n) is 6.60. The molecule has 280 valence electrons. The maximum Gasteiger partial charge on any atom is 0.272 e. The van der Waals surface area contributed by atoms with Gasteiger partial charge in [-0.25, -0.2) is 4.98 Å². The third-order valence-corrected chi connectivity index (χ3v) is 9.54. The first kappa shape index (κ1) is 38.9. The number of para-hydroxylation sites is 2. The standard InChI is InChI=1S/C41H50N6O6/c1-41(2,3)47(40(52)34-24-30(21-22-43-34)53-29-16-9-6-10-17-29)26-36(48)33(23-27-13-7-5-8-14-27)45-38(50)35(25-37(42)49)46(4)39(51)32-20-19-28-15-11-12-18-31(28)44-32/h5-20,30,33-36,43,48H,21-26H2,1-4H3,(H2,42,49)(H,45,50)/t30-,33+,34?,35+,36-/m1/s1. The number of aliphatic hydroxyl groups excluding tert-OH is 1. The first-order valence-corrected chi connectivity index (χ1v) is 18.0. The number of ether oxygens (including phenoxy) is 1. The molecule has 1 saturated heterocycles. The molecule has 1 unspecified atom stereocenters. The fourth-order valence-corrected chi connectivity index (χ4v) is 6.60. The lowest BCUT2D eigenvalue weighted by Gasteiger charge is -2.42. The number of likely N-dealkylation sites (N-methyl/N-ethyl adjacent to an activating group) is 1. The number of amides is 4. The number of nitrogens with zero attached hydrogens (tertiary/aromatic N) is 3. The van der Waals surface area contributed by atoms with Gasteiger partial charge in [0.05, 0.1) is 30.1 Å². The van der Waals surface area contributed by atoms with Crippen LogP contribution < -0.4 is 21.1 Å². The van der Waals surface area contributed by atoms with Crippen molar-refractivity contribution < 1.29 is 29.0 Å². The molecule has 53 heavy (non-hydrogen) atoms. The molecule has 1 fully saturated rings. The maximum absolute atomic E-state index is 14.2. The van der Waals surface area contributed by atoms with Gasteiger partial charge in [-0.3, -0.25) is 19.2 Å². The molecule has 5 N–H and O–H groups in total. The summed E-state index contributed by atoms with van der Waals surface area (Å²) in [6, 6.07) is 26.7. The minimum Gasteiger partial charge on any atom is -0.490 e. The number of carbonyl (C=O) groups excluding carboxylic acids is 4. The molecule has 5 rings (SSSR count). The Bertz CT molecular complexity index is 1870. The summed E-state index contributed by atoms with van der Waals surface area (Å²) in [4.78, 5) is 61.4. The predicted molar refractivity (Wildman–Crippen MR) is 203 cm³/mol. The minimum atomic E-state index is -1.30. The fraction of sp³-hybridized carbons (Fsp3) is 0.390. The first-order chi connectivity index (χ1) is 25.3. The zero-order valence-corrected chi connectivity index (χ0v) is 30.8. The Labute approximate surface area is 310 Å². The van der Waals surface area contributed by atoms with Gasteiger partial charge < -0.3 is 36.0 Å². The number of nitrogens with two attached hydrogens (primary N) is 1. The molecule has 1 aliphatic heterocycles. The van der Waals surface area contributed by atoms with Crippen LogP contribution in [0.5, 0.6) is 5.75 Å². The number of fused-ring (bicyclic) bond motifs is 1. The van der Waals surface area contributed by atoms with Gasteiger partial charge in [-0.05, 0) is 70.0 Å². The van der Waals surface area contributed by atoms with Gasteiger partial charge in [0, 0.05) is 30.9 Å². The Balaban J connectivity index is 1.35. The zero-order valence-electron chi connectivity index (χ0n) is 30.8. The van der Waals surface area contributed by atoms with Gasteiger partial charge in [0.15, 0.2) is 0 Å². The van der Waals surface area contributed by atoms with Crippen LogP contribution in [0.25, 0.3) is 10.9 Å². The number of aliphatic hydroxyl groups is 1. The molecular formula is C41H50N6O6. The van der Waals surface area contributed by atoms with Crippen LogP contribution in [0.1, 0.15) is 56.1 Å². The van der Waals surface area contributed by atoms with E-state index in [-0.39, 0.29) is 30.7 Å². The van der Waals surface area contributed by atoms with E-state index in [0.29, 0.717) is 18.5 Å². The van der Waals surface area contributed by atoms with Gasteiger partial charge in [0.1, 0.15) is 23.6 Å². The SMILES string of the molecule is CN(C(=O)c1ccc2ccccc2n1)[C@@H](CC(N)=O)C(=O)N[C@@H](Cc1ccccc1)[C@H](O)CN(C(=O)C1C[C@H](Oc2ccccc2)CCN1)C(C)(C)C. The van der Waals surface area contributed by atoms with Crippen LogP contribution in [0.3, 0.4) is 0 Å². The van der Waals surface area contributed by atoms with Gasteiger partial charge in [0.2, 0.25) is 17.7 Å². The van der Waals surface area contributed by atoms with Crippen molar-refractivity contribution in [3.63, 3.8) is 0 Å². The number of hydrogen-bond acceptors (Lipinski definition) is 8. The van der Waals surface area contributed by atoms with Crippen molar-refractivity contribution in [3.05, 3.63) is 108 Å². The normalized spacial score (nSPS) is 17.6. The molecule has 0 saturated carbocycles. The molecule has 2 heterocycles. The number of benzene rings is 3. The van der Waals surface area contributed by atoms with Crippen LogP contribution in [0, 0.1) is 0 Å². The Morgan fingerprint density at radius 1 is 0.962 bits per heavy atom. The van der Waals surface area contributed by atoms with Crippen molar-refractivity contribution in [1.82, 2.24) is 25.4 Å². The quantitative estimate of drug-likeness (QED) is 0.154. The predicted octanol–water partition coefficient (Wildman–Crippen LogP) is 3.47. The number of β-amino-alcohol motifs (C(OH)–C–C–N with tert-alkyl or cyclic N) is 1. The number of piperidine rings is 1. The summed E-state index contributed by atoms with van der Waals surface area (Å²) in [5, 5.41) is 19.0. The van der Waals surface area contributed by atoms with E-state index in [4.69, 9.17) is 10.5 Å². The van der Waals surface area contributed by atoms with E-state index in [9.17, 15) is 24.3 Å². The molecular weight excluding hydrogens is 672 g/mol. The third-order valence-electron chi connectivity index (χ3n) is 9.54. The summed E-state index contributed by atoms with van der Waals surface area (Å²) >= 11 is 0. The Morgan fingerprint density at radius 2 is 1.62 bits per heavy atom. The number of nitrogens with one attached hydrogen (secondary N) is 2. The summed E-state index contributed by atoms with van der Waals surface area (Å²) in [5.74, 6) is -1.48. The van der Waals surface area contributed by atoms with Crippen molar-refractivity contribution >= 4 is 34.5 Å². The van der Waals surface area contributed by atoms with Crippen LogP contribution in [0.15, 0.2) is 97.1 Å². The summed E-state index contributed by atoms with van der Waals surface area (Å²) in [6.07, 6.45) is -0.468. The van der Waals surface area contributed by atoms with Crippen molar-refractivity contribution in [2.45, 2.75) is 82.3 Å². The molecule has 0 aliphatic carbocycles. The number of hydrogen-bond donors (Lipinski definition) is 4. The topological polar surface area (TPSA) is 167 Å². The van der Waals surface area contributed by atoms with Crippen molar-refractivity contribution in [2.24, 2.45) is 5.73 Å². The number of carbonyl (C=O) groups is 4. The van der Waals surface area contributed by atoms with E-state index in [1.54, 1.807) is 23.1 Å². The van der Waals surface area contributed by atoms with Crippen LogP contribution in [-0.2, 0) is 20.8 Å². The molecule has 0 radical (unpaired) electrons. The Morgan fingerprint density at radius 3 is 2.30 bits per heavy atom. The van der Waals surface area contributed by atoms with Gasteiger partial charge >= 0.3 is 0 Å². The average molecular weight is 723 g/mol. The van der Waals surface area contributed by atoms with Crippen LogP contribution in [0.4, 0.5) is 0 Å². The molecule has 0 bridgehead atoms. The molecule has 0 spiro atoms. The summed E-state index contributed by atoms with van der Waals surface area (Å²) in [5.41, 5.74) is 6.43. The molecule has 5 atom stereocenters. The van der Waals surface area contributed by atoms with Gasteiger partial charge in [-0.2, -0.15) is 0 Å². The molecule has 12 heteroatoms. The highest BCUT2D eigenvalue weighted by Gasteiger charge is 2.39. The summed E-state index contributed by atoms with van der Waals surface area (Å²) < 4.78 is 6.19. The molecule has 4 aromatic rings. The van der Waals surface area contributed by atoms with E-state index in [0.717, 1.165) is 28.0 Å². The lowest BCUT2D eigenvalue weighted by Crippen LogP contribution is -2.61. The first-order valence-electron chi connectivity index (χ1n) is 18.0. The number of pyridine rings is 1. The second-order valence-corrected chi connectivity index (χ2v) is 14.6. The average Bonchev–Trinajstić information content (AvgIpc) is 3.15. The Kier molecular flexibility index (Phi) is 12.8. The van der Waals surface area contributed by atoms with Gasteiger partial charge in [0.25, 0.3) is 5.91 Å². The molecule has 1 aromatic heterocycles. The molecule has 12 nitrogen and oxygen atoms in total. The highest BCUT2D eigenvalue weighted by Crippen LogP contribution is 2.23. The lowest BCUT2D eigenvalue weighted by atomic mass is 9.95. The van der Waals surface area contributed by atoms with Crippen LogP contribution in [0.2, 0.25) is 0 Å². The van der Waals surface area contributed by atoms with Crippen LogP contribution >= 0.6 is 0 Å². The summed E-state index contributed by atoms with van der Waals surface area (Å²) in [6.45, 7) is 6.18. The molecule has 1 aliphatic rings. The van der Waals surface area contributed by atoms with E-state index >= 15 is 0 Å². The summed E-state index contributed by atoms with van der Waals surface area (Å²) in [7, 11) is 1.42. The van der Waals surface area contributed by atoms with Crippen molar-refractivity contribution in [3.8, 4) is 5.75 Å². The number of primary amides is 1. The van der Waals surface area contributed by atoms with Crippen molar-refractivity contribution in [1.29, 1.82) is 0 Å².